The van der Waals surface area contributed by atoms with Crippen molar-refractivity contribution in [3.05, 3.63) is 29.3 Å². The molecule has 0 radical (unpaired) electrons. The minimum Gasteiger partial charge on any atom is -0.379 e. The summed E-state index contributed by atoms with van der Waals surface area (Å²) in [6.45, 7) is 6.86. The molecule has 1 aromatic rings. The highest BCUT2D eigenvalue weighted by molar-refractivity contribution is 7.99. The largest absolute Gasteiger partial charge is 0.379 e. The van der Waals surface area contributed by atoms with Gasteiger partial charge in [0, 0.05) is 50.8 Å². The van der Waals surface area contributed by atoms with Crippen molar-refractivity contribution in [3.8, 4) is 0 Å². The van der Waals surface area contributed by atoms with E-state index in [1.165, 1.54) is 18.4 Å². The number of sulfone groups is 1. The molecule has 0 bridgehead atoms. The fourth-order valence-corrected chi connectivity index (χ4v) is 6.46. The summed E-state index contributed by atoms with van der Waals surface area (Å²) in [4.78, 5) is 7.33. The van der Waals surface area contributed by atoms with E-state index in [0.29, 0.717) is 11.4 Å². The third kappa shape index (κ3) is 5.65. The number of guanidine groups is 1. The van der Waals surface area contributed by atoms with Crippen LogP contribution < -0.4 is 10.6 Å². The lowest BCUT2D eigenvalue weighted by molar-refractivity contribution is -0.0120. The maximum atomic E-state index is 11.8. The number of benzene rings is 1. The van der Waals surface area contributed by atoms with Gasteiger partial charge in [0.2, 0.25) is 0 Å². The van der Waals surface area contributed by atoms with Crippen molar-refractivity contribution in [1.29, 1.82) is 0 Å². The smallest absolute Gasteiger partial charge is 0.191 e. The van der Waals surface area contributed by atoms with Gasteiger partial charge >= 0.3 is 0 Å². The Kier molecular flexibility index (Phi) is 7.47. The Bertz CT molecular complexity index is 830. The first-order valence-electron chi connectivity index (χ1n) is 9.99. The Balaban J connectivity index is 1.58. The van der Waals surface area contributed by atoms with E-state index >= 15 is 0 Å². The summed E-state index contributed by atoms with van der Waals surface area (Å²) >= 11 is 2.02. The van der Waals surface area contributed by atoms with Gasteiger partial charge in [-0.05, 0) is 36.3 Å². The van der Waals surface area contributed by atoms with E-state index in [9.17, 15) is 8.42 Å². The zero-order chi connectivity index (χ0) is 20.9. The number of aliphatic imine (C=N–C) groups is 1. The van der Waals surface area contributed by atoms with Crippen LogP contribution >= 0.6 is 11.8 Å². The van der Waals surface area contributed by atoms with Crippen LogP contribution in [0.15, 0.2) is 28.1 Å². The van der Waals surface area contributed by atoms with E-state index in [2.05, 4.69) is 20.5 Å². The van der Waals surface area contributed by atoms with Gasteiger partial charge in [-0.3, -0.25) is 9.89 Å². The lowest BCUT2D eigenvalue weighted by Crippen LogP contribution is -2.60. The summed E-state index contributed by atoms with van der Waals surface area (Å²) in [6.07, 6.45) is 2.42. The third-order valence-corrected chi connectivity index (χ3v) is 8.16. The van der Waals surface area contributed by atoms with Crippen LogP contribution in [-0.4, -0.2) is 82.5 Å². The molecular weight excluding hydrogens is 408 g/mol. The highest BCUT2D eigenvalue weighted by Crippen LogP contribution is 2.33. The molecule has 0 spiro atoms. The van der Waals surface area contributed by atoms with Crippen molar-refractivity contribution in [3.63, 3.8) is 0 Å². The summed E-state index contributed by atoms with van der Waals surface area (Å²) in [6, 6.07) is 5.45. The maximum absolute atomic E-state index is 11.8. The van der Waals surface area contributed by atoms with E-state index in [1.54, 1.807) is 13.1 Å². The van der Waals surface area contributed by atoms with Gasteiger partial charge in [-0.2, -0.15) is 11.8 Å². The molecule has 2 fully saturated rings. The number of thioether (sulfide) groups is 1. The standard InChI is InChI=1S/C20H32N4O3S2/c1-16-12-17(4-5-18(16)29(3,25)26)13-22-19(21-2)23-14-20(6-11-28-15-20)24-7-9-27-10-8-24/h4-5,12H,6-11,13-15H2,1-3H3,(H2,21,22,23). The van der Waals surface area contributed by atoms with Gasteiger partial charge in [0.25, 0.3) is 0 Å². The van der Waals surface area contributed by atoms with Crippen LogP contribution in [0, 0.1) is 6.92 Å². The van der Waals surface area contributed by atoms with Crippen molar-refractivity contribution >= 4 is 27.6 Å². The summed E-state index contributed by atoms with van der Waals surface area (Å²) < 4.78 is 29.1. The van der Waals surface area contributed by atoms with Crippen molar-refractivity contribution in [2.75, 3.05) is 57.7 Å². The van der Waals surface area contributed by atoms with Gasteiger partial charge in [-0.1, -0.05) is 12.1 Å². The Labute approximate surface area is 178 Å². The first-order chi connectivity index (χ1) is 13.8. The predicted molar refractivity (Wildman–Crippen MR) is 120 cm³/mol. The van der Waals surface area contributed by atoms with E-state index in [-0.39, 0.29) is 5.54 Å². The van der Waals surface area contributed by atoms with Crippen LogP contribution in [0.2, 0.25) is 0 Å². The molecule has 2 aliphatic heterocycles. The minimum absolute atomic E-state index is 0.153. The molecule has 9 heteroatoms. The number of aryl methyl sites for hydroxylation is 1. The Morgan fingerprint density at radius 3 is 2.66 bits per heavy atom. The maximum Gasteiger partial charge on any atom is 0.191 e. The van der Waals surface area contributed by atoms with Gasteiger partial charge in [0.05, 0.1) is 18.1 Å². The molecule has 0 saturated carbocycles. The second-order valence-corrected chi connectivity index (χ2v) is 10.9. The van der Waals surface area contributed by atoms with Gasteiger partial charge in [0.1, 0.15) is 0 Å². The van der Waals surface area contributed by atoms with Gasteiger partial charge < -0.3 is 15.4 Å². The summed E-state index contributed by atoms with van der Waals surface area (Å²) in [5, 5.41) is 6.87. The molecule has 1 atom stereocenters. The first kappa shape index (κ1) is 22.4. The zero-order valence-corrected chi connectivity index (χ0v) is 19.2. The number of hydrogen-bond acceptors (Lipinski definition) is 6. The number of nitrogens with zero attached hydrogens (tertiary/aromatic N) is 2. The number of rotatable bonds is 6. The van der Waals surface area contributed by atoms with Crippen LogP contribution in [0.5, 0.6) is 0 Å². The van der Waals surface area contributed by atoms with E-state index < -0.39 is 9.84 Å². The number of hydrogen-bond donors (Lipinski definition) is 2. The predicted octanol–water partition coefficient (Wildman–Crippen LogP) is 1.27. The van der Waals surface area contributed by atoms with Crippen LogP contribution in [0.1, 0.15) is 17.5 Å². The fraction of sp³-hybridized carbons (Fsp3) is 0.650. The number of morpholine rings is 1. The summed E-state index contributed by atoms with van der Waals surface area (Å²) in [5.74, 6) is 3.08. The first-order valence-corrected chi connectivity index (χ1v) is 13.0. The highest BCUT2D eigenvalue weighted by Gasteiger charge is 2.40. The molecule has 162 valence electrons. The SMILES string of the molecule is CN=C(NCc1ccc(S(C)(=O)=O)c(C)c1)NCC1(N2CCOCC2)CCSC1. The van der Waals surface area contributed by atoms with Crippen LogP contribution in [0.25, 0.3) is 0 Å². The molecule has 2 N–H and O–H groups in total. The zero-order valence-electron chi connectivity index (χ0n) is 17.5. The Morgan fingerprint density at radius 1 is 1.31 bits per heavy atom. The molecule has 0 aromatic heterocycles. The minimum atomic E-state index is -3.19. The summed E-state index contributed by atoms with van der Waals surface area (Å²) in [5.41, 5.74) is 1.95. The molecule has 1 unspecified atom stereocenters. The molecule has 3 rings (SSSR count). The average Bonchev–Trinajstić information content (AvgIpc) is 3.18. The highest BCUT2D eigenvalue weighted by atomic mass is 32.2. The molecule has 29 heavy (non-hydrogen) atoms. The monoisotopic (exact) mass is 440 g/mol. The lowest BCUT2D eigenvalue weighted by Gasteiger charge is -2.43. The van der Waals surface area contributed by atoms with Crippen LogP contribution in [-0.2, 0) is 21.1 Å². The molecule has 0 aliphatic carbocycles. The van der Waals surface area contributed by atoms with Crippen molar-refractivity contribution in [2.45, 2.75) is 30.3 Å². The Morgan fingerprint density at radius 2 is 2.07 bits per heavy atom. The van der Waals surface area contributed by atoms with Crippen LogP contribution in [0.4, 0.5) is 0 Å². The van der Waals surface area contributed by atoms with E-state index in [0.717, 1.165) is 55.7 Å². The Hall–Kier alpha value is -1.29. The lowest BCUT2D eigenvalue weighted by atomic mass is 9.95. The van der Waals surface area contributed by atoms with Crippen LogP contribution in [0.3, 0.4) is 0 Å². The number of nitrogens with one attached hydrogen (secondary N) is 2. The molecular formula is C20H32N4O3S2. The normalized spacial score (nSPS) is 23.9. The van der Waals surface area contributed by atoms with Gasteiger partial charge in [0.15, 0.2) is 15.8 Å². The van der Waals surface area contributed by atoms with Gasteiger partial charge in [-0.15, -0.1) is 0 Å². The van der Waals surface area contributed by atoms with Crippen molar-refractivity contribution in [2.24, 2.45) is 4.99 Å². The second-order valence-electron chi connectivity index (χ2n) is 7.78. The van der Waals surface area contributed by atoms with E-state index in [4.69, 9.17) is 4.74 Å². The third-order valence-electron chi connectivity index (χ3n) is 5.67. The molecule has 2 aliphatic rings. The van der Waals surface area contributed by atoms with E-state index in [1.807, 2.05) is 30.8 Å². The number of ether oxygens (including phenoxy) is 1. The quantitative estimate of drug-likeness (QED) is 0.509. The molecule has 1 aromatic carbocycles. The molecule has 0 amide bonds. The molecule has 7 nitrogen and oxygen atoms in total. The fourth-order valence-electron chi connectivity index (χ4n) is 4.03. The summed E-state index contributed by atoms with van der Waals surface area (Å²) in [7, 11) is -1.42. The van der Waals surface area contributed by atoms with Crippen molar-refractivity contribution in [1.82, 2.24) is 15.5 Å². The molecule has 2 saturated heterocycles. The van der Waals surface area contributed by atoms with Crippen molar-refractivity contribution < 1.29 is 13.2 Å². The second kappa shape index (κ2) is 9.68. The topological polar surface area (TPSA) is 83.0 Å². The average molecular weight is 441 g/mol. The molecule has 2 heterocycles. The van der Waals surface area contributed by atoms with Gasteiger partial charge in [-0.25, -0.2) is 8.42 Å².